The minimum Gasteiger partial charge on any atom is -0.386 e. The van der Waals surface area contributed by atoms with Gasteiger partial charge < -0.3 is 16.8 Å². The van der Waals surface area contributed by atoms with Crippen LogP contribution in [0.1, 0.15) is 5.56 Å². The predicted molar refractivity (Wildman–Crippen MR) is 109 cm³/mol. The molecule has 0 radical (unpaired) electrons. The zero-order valence-electron chi connectivity index (χ0n) is 14.6. The van der Waals surface area contributed by atoms with Crippen molar-refractivity contribution >= 4 is 11.7 Å². The Labute approximate surface area is 153 Å². The van der Waals surface area contributed by atoms with Gasteiger partial charge in [-0.05, 0) is 17.2 Å². The van der Waals surface area contributed by atoms with Crippen LogP contribution in [0.4, 0.5) is 5.82 Å². The molecule has 0 amide bonds. The Bertz CT molecular complexity index is 947. The van der Waals surface area contributed by atoms with Crippen LogP contribution in [0.3, 0.4) is 0 Å². The van der Waals surface area contributed by atoms with Crippen LogP contribution in [0.2, 0.25) is 0 Å². The number of anilines is 1. The number of aliphatic imine (C=N–C) groups is 1. The van der Waals surface area contributed by atoms with Crippen molar-refractivity contribution in [2.75, 3.05) is 12.4 Å². The largest absolute Gasteiger partial charge is 0.386 e. The van der Waals surface area contributed by atoms with Crippen LogP contribution in [-0.2, 0) is 0 Å². The Balaban J connectivity index is 2.33. The molecule has 26 heavy (non-hydrogen) atoms. The zero-order chi connectivity index (χ0) is 18.5. The SMILES string of the molecule is C=C(N)Nc1nc(-c2ccccc2)cc(-c2ccccc2)c1C(N)=NC. The Kier molecular flexibility index (Phi) is 4.99. The molecule has 0 bridgehead atoms. The first-order chi connectivity index (χ1) is 12.6. The van der Waals surface area contributed by atoms with E-state index in [9.17, 15) is 0 Å². The number of nitrogens with one attached hydrogen (secondary N) is 1. The summed E-state index contributed by atoms with van der Waals surface area (Å²) in [4.78, 5) is 8.88. The molecule has 0 aliphatic heterocycles. The Morgan fingerprint density at radius 1 is 0.962 bits per heavy atom. The molecule has 5 N–H and O–H groups in total. The summed E-state index contributed by atoms with van der Waals surface area (Å²) in [7, 11) is 1.65. The smallest absolute Gasteiger partial charge is 0.143 e. The van der Waals surface area contributed by atoms with Crippen LogP contribution in [0.25, 0.3) is 22.4 Å². The van der Waals surface area contributed by atoms with E-state index in [1.165, 1.54) is 0 Å². The Morgan fingerprint density at radius 2 is 1.54 bits per heavy atom. The molecule has 3 aromatic rings. The predicted octanol–water partition coefficient (Wildman–Crippen LogP) is 3.59. The number of nitrogens with zero attached hydrogens (tertiary/aromatic N) is 2. The van der Waals surface area contributed by atoms with Gasteiger partial charge in [-0.1, -0.05) is 67.2 Å². The van der Waals surface area contributed by atoms with Crippen molar-refractivity contribution in [1.29, 1.82) is 0 Å². The third-order valence-corrected chi connectivity index (χ3v) is 3.95. The van der Waals surface area contributed by atoms with E-state index in [1.54, 1.807) is 7.05 Å². The number of hydrogen-bond acceptors (Lipinski definition) is 4. The second kappa shape index (κ2) is 7.53. The third-order valence-electron chi connectivity index (χ3n) is 3.95. The lowest BCUT2D eigenvalue weighted by Gasteiger charge is -2.17. The van der Waals surface area contributed by atoms with Crippen LogP contribution in [0, 0.1) is 0 Å². The van der Waals surface area contributed by atoms with Crippen LogP contribution in [-0.4, -0.2) is 17.9 Å². The van der Waals surface area contributed by atoms with Crippen LogP contribution in [0.15, 0.2) is 84.1 Å². The first kappa shape index (κ1) is 17.2. The van der Waals surface area contributed by atoms with Crippen molar-refractivity contribution in [3.05, 3.63) is 84.7 Å². The Hall–Kier alpha value is -3.60. The topological polar surface area (TPSA) is 89.3 Å². The zero-order valence-corrected chi connectivity index (χ0v) is 14.6. The highest BCUT2D eigenvalue weighted by Crippen LogP contribution is 2.32. The average molecular weight is 343 g/mol. The molecule has 1 aromatic heterocycles. The van der Waals surface area contributed by atoms with Gasteiger partial charge in [-0.15, -0.1) is 0 Å². The first-order valence-corrected chi connectivity index (χ1v) is 8.20. The van der Waals surface area contributed by atoms with Gasteiger partial charge in [0.25, 0.3) is 0 Å². The van der Waals surface area contributed by atoms with E-state index in [4.69, 9.17) is 16.5 Å². The molecule has 5 nitrogen and oxygen atoms in total. The summed E-state index contributed by atoms with van der Waals surface area (Å²) in [6.45, 7) is 3.73. The van der Waals surface area contributed by atoms with Crippen molar-refractivity contribution < 1.29 is 0 Å². The molecule has 2 aromatic carbocycles. The molecule has 0 aliphatic rings. The number of hydrogen-bond donors (Lipinski definition) is 3. The Morgan fingerprint density at radius 3 is 2.08 bits per heavy atom. The second-order valence-corrected chi connectivity index (χ2v) is 5.77. The van der Waals surface area contributed by atoms with Gasteiger partial charge in [0.15, 0.2) is 0 Å². The molecule has 0 spiro atoms. The maximum absolute atomic E-state index is 6.20. The molecule has 0 aliphatic carbocycles. The summed E-state index contributed by atoms with van der Waals surface area (Å²) < 4.78 is 0. The van der Waals surface area contributed by atoms with Gasteiger partial charge in [0.1, 0.15) is 11.7 Å². The summed E-state index contributed by atoms with van der Waals surface area (Å²) >= 11 is 0. The number of nitrogens with two attached hydrogens (primary N) is 2. The van der Waals surface area contributed by atoms with Gasteiger partial charge in [-0.25, -0.2) is 4.98 Å². The molecule has 1 heterocycles. The van der Waals surface area contributed by atoms with E-state index in [-0.39, 0.29) is 5.82 Å². The maximum Gasteiger partial charge on any atom is 0.143 e. The minimum atomic E-state index is 0.284. The fourth-order valence-corrected chi connectivity index (χ4v) is 2.76. The molecule has 0 atom stereocenters. The molecule has 0 saturated heterocycles. The van der Waals surface area contributed by atoms with Gasteiger partial charge >= 0.3 is 0 Å². The monoisotopic (exact) mass is 343 g/mol. The van der Waals surface area contributed by atoms with Crippen molar-refractivity contribution in [3.63, 3.8) is 0 Å². The van der Waals surface area contributed by atoms with Crippen LogP contribution >= 0.6 is 0 Å². The van der Waals surface area contributed by atoms with E-state index >= 15 is 0 Å². The summed E-state index contributed by atoms with van der Waals surface area (Å²) in [6, 6.07) is 21.9. The van der Waals surface area contributed by atoms with Gasteiger partial charge in [0, 0.05) is 12.6 Å². The normalized spacial score (nSPS) is 11.2. The molecule has 3 rings (SSSR count). The maximum atomic E-state index is 6.20. The van der Waals surface area contributed by atoms with E-state index in [0.29, 0.717) is 17.2 Å². The molecule has 0 unspecified atom stereocenters. The van der Waals surface area contributed by atoms with E-state index < -0.39 is 0 Å². The van der Waals surface area contributed by atoms with Crippen molar-refractivity contribution in [1.82, 2.24) is 4.98 Å². The van der Waals surface area contributed by atoms with Gasteiger partial charge in [0.05, 0.1) is 17.1 Å². The van der Waals surface area contributed by atoms with E-state index in [0.717, 1.165) is 22.4 Å². The second-order valence-electron chi connectivity index (χ2n) is 5.77. The van der Waals surface area contributed by atoms with E-state index in [2.05, 4.69) is 16.9 Å². The highest BCUT2D eigenvalue weighted by Gasteiger charge is 2.18. The van der Waals surface area contributed by atoms with Crippen molar-refractivity contribution in [3.8, 4) is 22.4 Å². The van der Waals surface area contributed by atoms with Gasteiger partial charge in [-0.2, -0.15) is 0 Å². The molecule has 130 valence electrons. The summed E-state index contributed by atoms with van der Waals surface area (Å²) in [5.41, 5.74) is 16.4. The standard InChI is InChI=1S/C21H21N5/c1-14(22)25-21-19(20(23)24-2)17(15-9-5-3-6-10-15)13-18(26-21)16-11-7-4-8-12-16/h3-13H,1,22H2,2H3,(H2,23,24)(H,25,26). The highest BCUT2D eigenvalue weighted by atomic mass is 15.1. The lowest BCUT2D eigenvalue weighted by Crippen LogP contribution is -2.20. The highest BCUT2D eigenvalue weighted by molar-refractivity contribution is 6.08. The molecule has 5 heteroatoms. The number of amidine groups is 1. The lowest BCUT2D eigenvalue weighted by atomic mass is 9.97. The average Bonchev–Trinajstić information content (AvgIpc) is 2.67. The third kappa shape index (κ3) is 3.57. The quantitative estimate of drug-likeness (QED) is 0.488. The molecular formula is C21H21N5. The van der Waals surface area contributed by atoms with E-state index in [1.807, 2.05) is 66.7 Å². The minimum absolute atomic E-state index is 0.284. The summed E-state index contributed by atoms with van der Waals surface area (Å²) in [5.74, 6) is 1.19. The fraction of sp³-hybridized carbons (Fsp3) is 0.0476. The lowest BCUT2D eigenvalue weighted by molar-refractivity contribution is 1.23. The summed E-state index contributed by atoms with van der Waals surface area (Å²) in [6.07, 6.45) is 0. The van der Waals surface area contributed by atoms with Crippen molar-refractivity contribution in [2.45, 2.75) is 0 Å². The van der Waals surface area contributed by atoms with Crippen LogP contribution < -0.4 is 16.8 Å². The molecular weight excluding hydrogens is 322 g/mol. The van der Waals surface area contributed by atoms with Gasteiger partial charge in [-0.3, -0.25) is 4.99 Å². The van der Waals surface area contributed by atoms with Crippen LogP contribution in [0.5, 0.6) is 0 Å². The number of benzene rings is 2. The summed E-state index contributed by atoms with van der Waals surface area (Å²) in [5, 5.41) is 3.02. The van der Waals surface area contributed by atoms with Gasteiger partial charge in [0.2, 0.25) is 0 Å². The number of aromatic nitrogens is 1. The number of pyridine rings is 1. The first-order valence-electron chi connectivity index (χ1n) is 8.20. The molecule has 0 saturated carbocycles. The number of rotatable bonds is 5. The fourth-order valence-electron chi connectivity index (χ4n) is 2.76. The van der Waals surface area contributed by atoms with Crippen molar-refractivity contribution in [2.24, 2.45) is 16.5 Å². The molecule has 0 fully saturated rings.